The topological polar surface area (TPSA) is 95.1 Å². The number of carbonyl (C=O) groups excluding carboxylic acids is 1. The number of H-pyrrole nitrogens is 1. The van der Waals surface area contributed by atoms with E-state index in [0.29, 0.717) is 6.42 Å². The van der Waals surface area contributed by atoms with Crippen LogP contribution in [0.1, 0.15) is 30.0 Å². The first-order valence-corrected chi connectivity index (χ1v) is 8.10. The summed E-state index contributed by atoms with van der Waals surface area (Å²) in [7, 11) is 0. The number of amides is 1. The zero-order chi connectivity index (χ0) is 17.6. The number of carboxylic acid groups (broad SMARTS) is 1. The number of carboxylic acids is 1. The minimum atomic E-state index is -0.877. The maximum Gasteiger partial charge on any atom is 0.303 e. The van der Waals surface area contributed by atoms with Gasteiger partial charge in [-0.2, -0.15) is 0 Å². The molecule has 0 saturated carbocycles. The third kappa shape index (κ3) is 4.23. The number of hydrogen-bond acceptors (Lipinski definition) is 3. The van der Waals surface area contributed by atoms with Gasteiger partial charge in [0.25, 0.3) is 0 Å². The van der Waals surface area contributed by atoms with E-state index in [-0.39, 0.29) is 24.8 Å². The summed E-state index contributed by atoms with van der Waals surface area (Å²) >= 11 is 0. The minimum Gasteiger partial charge on any atom is -0.481 e. The van der Waals surface area contributed by atoms with Crippen LogP contribution >= 0.6 is 0 Å². The highest BCUT2D eigenvalue weighted by Crippen LogP contribution is 2.20. The third-order valence-corrected chi connectivity index (χ3v) is 4.07. The van der Waals surface area contributed by atoms with Crippen LogP contribution in [-0.2, 0) is 16.0 Å². The molecule has 2 heterocycles. The molecular formula is C19H19N3O3. The lowest BCUT2D eigenvalue weighted by molar-refractivity contribution is -0.137. The highest BCUT2D eigenvalue weighted by molar-refractivity contribution is 5.87. The number of hydrogen-bond donors (Lipinski definition) is 3. The molecule has 0 bridgehead atoms. The lowest BCUT2D eigenvalue weighted by Crippen LogP contribution is -2.30. The maximum atomic E-state index is 12.5. The van der Waals surface area contributed by atoms with Crippen LogP contribution in [0, 0.1) is 0 Å². The number of nitrogens with one attached hydrogen (secondary N) is 2. The number of aromatic amines is 1. The molecule has 2 aromatic heterocycles. The molecule has 0 saturated heterocycles. The summed E-state index contributed by atoms with van der Waals surface area (Å²) < 4.78 is 0. The highest BCUT2D eigenvalue weighted by Gasteiger charge is 2.17. The number of nitrogens with zero attached hydrogens (tertiary/aromatic N) is 1. The number of aliphatic carboxylic acids is 1. The quantitative estimate of drug-likeness (QED) is 0.618. The van der Waals surface area contributed by atoms with Crippen molar-refractivity contribution >= 4 is 22.9 Å². The van der Waals surface area contributed by atoms with Crippen LogP contribution in [0.5, 0.6) is 0 Å². The van der Waals surface area contributed by atoms with E-state index >= 15 is 0 Å². The molecule has 3 rings (SSSR count). The molecule has 1 unspecified atom stereocenters. The molecular weight excluding hydrogens is 318 g/mol. The van der Waals surface area contributed by atoms with Crippen molar-refractivity contribution in [3.8, 4) is 0 Å². The number of pyridine rings is 1. The fourth-order valence-electron chi connectivity index (χ4n) is 2.85. The van der Waals surface area contributed by atoms with Crippen molar-refractivity contribution in [2.75, 3.05) is 0 Å². The first kappa shape index (κ1) is 16.7. The molecule has 1 amide bonds. The molecule has 1 atom stereocenters. The van der Waals surface area contributed by atoms with Crippen molar-refractivity contribution in [1.29, 1.82) is 0 Å². The lowest BCUT2D eigenvalue weighted by Gasteiger charge is -2.18. The molecule has 0 spiro atoms. The van der Waals surface area contributed by atoms with E-state index < -0.39 is 5.97 Å². The van der Waals surface area contributed by atoms with E-state index in [1.807, 2.05) is 42.5 Å². The lowest BCUT2D eigenvalue weighted by atomic mass is 10.0. The summed E-state index contributed by atoms with van der Waals surface area (Å²) in [6.45, 7) is 0. The molecule has 0 aliphatic carbocycles. The van der Waals surface area contributed by atoms with E-state index in [1.165, 1.54) is 0 Å². The van der Waals surface area contributed by atoms with Gasteiger partial charge in [0.1, 0.15) is 5.65 Å². The van der Waals surface area contributed by atoms with Crippen molar-refractivity contribution in [2.24, 2.45) is 0 Å². The van der Waals surface area contributed by atoms with Gasteiger partial charge in [0.2, 0.25) is 5.91 Å². The van der Waals surface area contributed by atoms with Crippen molar-refractivity contribution in [3.63, 3.8) is 0 Å². The van der Waals surface area contributed by atoms with Gasteiger partial charge in [0.15, 0.2) is 0 Å². The van der Waals surface area contributed by atoms with Gasteiger partial charge in [-0.15, -0.1) is 0 Å². The van der Waals surface area contributed by atoms with Crippen LogP contribution < -0.4 is 5.32 Å². The van der Waals surface area contributed by atoms with E-state index in [2.05, 4.69) is 15.3 Å². The van der Waals surface area contributed by atoms with Crippen molar-refractivity contribution < 1.29 is 14.7 Å². The van der Waals surface area contributed by atoms with E-state index in [0.717, 1.165) is 22.2 Å². The number of rotatable bonds is 7. The zero-order valence-corrected chi connectivity index (χ0v) is 13.6. The Morgan fingerprint density at radius 1 is 1.16 bits per heavy atom. The molecule has 0 radical (unpaired) electrons. The highest BCUT2D eigenvalue weighted by atomic mass is 16.4. The molecule has 6 nitrogen and oxygen atoms in total. The van der Waals surface area contributed by atoms with Gasteiger partial charge in [-0.25, -0.2) is 4.98 Å². The molecule has 6 heteroatoms. The smallest absolute Gasteiger partial charge is 0.303 e. The molecule has 25 heavy (non-hydrogen) atoms. The number of fused-ring (bicyclic) bond motifs is 1. The fraction of sp³-hybridized carbons (Fsp3) is 0.211. The van der Waals surface area contributed by atoms with Gasteiger partial charge in [-0.3, -0.25) is 9.59 Å². The van der Waals surface area contributed by atoms with Gasteiger partial charge in [-0.1, -0.05) is 30.3 Å². The first-order valence-electron chi connectivity index (χ1n) is 8.10. The minimum absolute atomic E-state index is 0.00313. The van der Waals surface area contributed by atoms with Crippen LogP contribution in [0.2, 0.25) is 0 Å². The summed E-state index contributed by atoms with van der Waals surface area (Å²) in [6.07, 6.45) is 4.03. The Hall–Kier alpha value is -3.15. The second-order valence-electron chi connectivity index (χ2n) is 5.85. The van der Waals surface area contributed by atoms with E-state index in [9.17, 15) is 9.59 Å². The van der Waals surface area contributed by atoms with Crippen LogP contribution in [0.4, 0.5) is 0 Å². The molecule has 3 N–H and O–H groups in total. The molecule has 0 aliphatic rings. The van der Waals surface area contributed by atoms with Crippen LogP contribution in [0.25, 0.3) is 11.0 Å². The zero-order valence-electron chi connectivity index (χ0n) is 13.6. The van der Waals surface area contributed by atoms with Gasteiger partial charge >= 0.3 is 5.97 Å². The largest absolute Gasteiger partial charge is 0.481 e. The Labute approximate surface area is 144 Å². The molecule has 0 aliphatic heterocycles. The Bertz CT molecular complexity index is 874. The summed E-state index contributed by atoms with van der Waals surface area (Å²) in [5, 5.41) is 12.8. The van der Waals surface area contributed by atoms with Crippen molar-refractivity contribution in [2.45, 2.75) is 25.3 Å². The van der Waals surface area contributed by atoms with Gasteiger partial charge in [0.05, 0.1) is 12.5 Å². The fourth-order valence-corrected chi connectivity index (χ4v) is 2.85. The van der Waals surface area contributed by atoms with Crippen LogP contribution in [0.3, 0.4) is 0 Å². The normalized spacial score (nSPS) is 12.0. The third-order valence-electron chi connectivity index (χ3n) is 4.07. The summed E-state index contributed by atoms with van der Waals surface area (Å²) in [6, 6.07) is 12.8. The predicted octanol–water partition coefficient (Wildman–Crippen LogP) is 2.83. The SMILES string of the molecule is O=C(O)CCC(NC(=O)Cc1c[nH]c2ncccc12)c1ccccc1. The Balaban J connectivity index is 1.72. The second-order valence-corrected chi connectivity index (χ2v) is 5.85. The standard InChI is InChI=1S/C19H19N3O3/c23-17(11-14-12-21-19-15(14)7-4-10-20-19)22-16(8-9-18(24)25)13-5-2-1-3-6-13/h1-7,10,12,16H,8-9,11H2,(H,20,21)(H,22,23)(H,24,25). The van der Waals surface area contributed by atoms with Crippen LogP contribution in [0.15, 0.2) is 54.9 Å². The molecule has 0 fully saturated rings. The second kappa shape index (κ2) is 7.61. The Morgan fingerprint density at radius 3 is 2.72 bits per heavy atom. The van der Waals surface area contributed by atoms with Crippen LogP contribution in [-0.4, -0.2) is 27.0 Å². The van der Waals surface area contributed by atoms with E-state index in [4.69, 9.17) is 5.11 Å². The molecule has 1 aromatic carbocycles. The summed E-state index contributed by atoms with van der Waals surface area (Å²) in [5.41, 5.74) is 2.51. The Kier molecular flexibility index (Phi) is 5.09. The van der Waals surface area contributed by atoms with Gasteiger partial charge in [-0.05, 0) is 29.7 Å². The average Bonchev–Trinajstić information content (AvgIpc) is 3.02. The number of carbonyl (C=O) groups is 2. The number of aromatic nitrogens is 2. The van der Waals surface area contributed by atoms with Gasteiger partial charge < -0.3 is 15.4 Å². The van der Waals surface area contributed by atoms with E-state index in [1.54, 1.807) is 12.4 Å². The molecule has 128 valence electrons. The predicted molar refractivity (Wildman–Crippen MR) is 94.0 cm³/mol. The first-order chi connectivity index (χ1) is 12.1. The summed E-state index contributed by atoms with van der Waals surface area (Å²) in [4.78, 5) is 30.7. The number of benzene rings is 1. The van der Waals surface area contributed by atoms with Gasteiger partial charge in [0, 0.05) is 24.2 Å². The van der Waals surface area contributed by atoms with Crippen molar-refractivity contribution in [1.82, 2.24) is 15.3 Å². The monoisotopic (exact) mass is 337 g/mol. The summed E-state index contributed by atoms with van der Waals surface area (Å²) in [5.74, 6) is -1.03. The maximum absolute atomic E-state index is 12.5. The Morgan fingerprint density at radius 2 is 1.96 bits per heavy atom. The molecule has 3 aromatic rings. The average molecular weight is 337 g/mol. The van der Waals surface area contributed by atoms with Crippen molar-refractivity contribution in [3.05, 3.63) is 66.0 Å².